The Morgan fingerprint density at radius 1 is 0.795 bits per heavy atom. The molecule has 0 bridgehead atoms. The molecule has 44 heavy (non-hydrogen) atoms. The molecule has 1 heterocycles. The summed E-state index contributed by atoms with van der Waals surface area (Å²) in [5.74, 6) is -0.177. The first kappa shape index (κ1) is 34.5. The number of carbonyl (C=O) groups is 1. The molecule has 7 nitrogen and oxygen atoms in total. The number of amides is 1. The van der Waals surface area contributed by atoms with Gasteiger partial charge in [0.1, 0.15) is 6.61 Å². The van der Waals surface area contributed by atoms with Gasteiger partial charge in [-0.1, -0.05) is 13.8 Å². The van der Waals surface area contributed by atoms with Crippen LogP contribution in [0.15, 0.2) is 36.4 Å². The molecule has 1 aliphatic heterocycles. The van der Waals surface area contributed by atoms with Crippen LogP contribution in [0.25, 0.3) is 0 Å². The molecule has 0 radical (unpaired) electrons. The van der Waals surface area contributed by atoms with E-state index in [2.05, 4.69) is 10.6 Å². The summed E-state index contributed by atoms with van der Waals surface area (Å²) in [7, 11) is 0. The van der Waals surface area contributed by atoms with Gasteiger partial charge in [-0.05, 0) is 74.9 Å². The summed E-state index contributed by atoms with van der Waals surface area (Å²) in [6.07, 6.45) is -5.81. The highest BCUT2D eigenvalue weighted by atomic mass is 19.4. The van der Waals surface area contributed by atoms with Crippen LogP contribution in [-0.4, -0.2) is 48.7 Å². The normalized spacial score (nSPS) is 19.2. The fourth-order valence-corrected chi connectivity index (χ4v) is 5.33. The Bertz CT molecular complexity index is 1350. The lowest BCUT2D eigenvalue weighted by molar-refractivity contribution is -0.140. The fourth-order valence-electron chi connectivity index (χ4n) is 5.33. The Morgan fingerprint density at radius 2 is 1.23 bits per heavy atom. The van der Waals surface area contributed by atoms with E-state index in [1.54, 1.807) is 17.0 Å². The maximum Gasteiger partial charge on any atom is 0.417 e. The molecule has 2 N–H and O–H groups in total. The van der Waals surface area contributed by atoms with Gasteiger partial charge in [0.25, 0.3) is 0 Å². The maximum atomic E-state index is 13.2. The van der Waals surface area contributed by atoms with Crippen LogP contribution in [0.3, 0.4) is 0 Å². The van der Waals surface area contributed by atoms with Gasteiger partial charge >= 0.3 is 12.4 Å². The lowest BCUT2D eigenvalue weighted by Gasteiger charge is -2.34. The number of benzene rings is 2. The summed E-state index contributed by atoms with van der Waals surface area (Å²) in [5, 5.41) is 24.1. The maximum absolute atomic E-state index is 13.2. The number of carbonyl (C=O) groups excluding carboxylic acids is 1. The number of halogens is 6. The molecule has 13 heteroatoms. The van der Waals surface area contributed by atoms with Crippen molar-refractivity contribution in [3.8, 4) is 12.1 Å². The molecular weight excluding hydrogens is 588 g/mol. The summed E-state index contributed by atoms with van der Waals surface area (Å²) in [5.41, 5.74) is -2.28. The number of nitrogens with zero attached hydrogens (tertiary/aromatic N) is 3. The predicted molar refractivity (Wildman–Crippen MR) is 153 cm³/mol. The summed E-state index contributed by atoms with van der Waals surface area (Å²) >= 11 is 0. The predicted octanol–water partition coefficient (Wildman–Crippen LogP) is 7.34. The van der Waals surface area contributed by atoms with Crippen molar-refractivity contribution in [3.05, 3.63) is 58.7 Å². The molecule has 2 aromatic carbocycles. The Hall–Kier alpha value is -3.97. The van der Waals surface area contributed by atoms with Gasteiger partial charge in [0.2, 0.25) is 5.91 Å². The molecule has 2 fully saturated rings. The number of hydrogen-bond donors (Lipinski definition) is 2. The van der Waals surface area contributed by atoms with E-state index in [0.717, 1.165) is 24.3 Å². The Balaban J connectivity index is 0.00000259. The average Bonchev–Trinajstić information content (AvgIpc) is 3.01. The molecule has 2 aliphatic rings. The van der Waals surface area contributed by atoms with Crippen molar-refractivity contribution in [2.75, 3.05) is 30.3 Å². The number of nitriles is 2. The van der Waals surface area contributed by atoms with Crippen LogP contribution in [0.1, 0.15) is 74.6 Å². The van der Waals surface area contributed by atoms with Crippen molar-refractivity contribution in [2.24, 2.45) is 0 Å². The van der Waals surface area contributed by atoms with Crippen LogP contribution in [0.5, 0.6) is 0 Å². The van der Waals surface area contributed by atoms with Crippen LogP contribution in [-0.2, 0) is 21.9 Å². The van der Waals surface area contributed by atoms with Crippen LogP contribution in [0.2, 0.25) is 0 Å². The zero-order valence-electron chi connectivity index (χ0n) is 24.5. The molecular formula is C31H35F6N5O2. The van der Waals surface area contributed by atoms with Crippen LogP contribution >= 0.6 is 0 Å². The smallest absolute Gasteiger partial charge is 0.382 e. The van der Waals surface area contributed by atoms with Crippen molar-refractivity contribution in [2.45, 2.75) is 82.9 Å². The fraction of sp³-hybridized carbons (Fsp3) is 0.516. The van der Waals surface area contributed by atoms with Crippen molar-refractivity contribution >= 4 is 17.3 Å². The minimum absolute atomic E-state index is 0.0654. The van der Waals surface area contributed by atoms with Crippen molar-refractivity contribution < 1.29 is 35.9 Å². The van der Waals surface area contributed by atoms with Gasteiger partial charge in [0.15, 0.2) is 0 Å². The second-order valence-corrected chi connectivity index (χ2v) is 10.5. The topological polar surface area (TPSA) is 101 Å². The average molecular weight is 624 g/mol. The molecule has 4 rings (SSSR count). The first-order chi connectivity index (χ1) is 20.9. The van der Waals surface area contributed by atoms with Gasteiger partial charge < -0.3 is 20.3 Å². The zero-order valence-corrected chi connectivity index (χ0v) is 24.5. The summed E-state index contributed by atoms with van der Waals surface area (Å²) < 4.78 is 85.3. The molecule has 1 amide bonds. The van der Waals surface area contributed by atoms with E-state index in [9.17, 15) is 31.1 Å². The van der Waals surface area contributed by atoms with E-state index in [0.29, 0.717) is 57.3 Å². The zero-order chi connectivity index (χ0) is 32.5. The van der Waals surface area contributed by atoms with Gasteiger partial charge in [-0.3, -0.25) is 4.79 Å². The highest BCUT2D eigenvalue weighted by Gasteiger charge is 2.35. The number of nitrogens with one attached hydrogen (secondary N) is 2. The molecule has 1 aliphatic carbocycles. The third-order valence-corrected chi connectivity index (χ3v) is 7.60. The van der Waals surface area contributed by atoms with Crippen LogP contribution in [0.4, 0.5) is 37.7 Å². The highest BCUT2D eigenvalue weighted by Crippen LogP contribution is 2.35. The minimum atomic E-state index is -4.64. The first-order valence-corrected chi connectivity index (χ1v) is 14.5. The van der Waals surface area contributed by atoms with Gasteiger partial charge in [-0.2, -0.15) is 36.9 Å². The number of piperidine rings is 1. The summed E-state index contributed by atoms with van der Waals surface area (Å²) in [6, 6.07) is 9.99. The molecule has 0 aromatic heterocycles. The third kappa shape index (κ3) is 9.26. The van der Waals surface area contributed by atoms with Crippen molar-refractivity contribution in [3.63, 3.8) is 0 Å². The molecule has 0 spiro atoms. The lowest BCUT2D eigenvalue weighted by Crippen LogP contribution is -2.44. The molecule has 238 valence electrons. The first-order valence-electron chi connectivity index (χ1n) is 14.5. The lowest BCUT2D eigenvalue weighted by atomic mass is 9.92. The molecule has 0 unspecified atom stereocenters. The largest absolute Gasteiger partial charge is 0.417 e. The molecule has 0 atom stereocenters. The van der Waals surface area contributed by atoms with E-state index in [-0.39, 0.29) is 36.4 Å². The molecule has 1 saturated heterocycles. The Labute approximate surface area is 252 Å². The second kappa shape index (κ2) is 15.2. The van der Waals surface area contributed by atoms with E-state index >= 15 is 0 Å². The molecule has 1 saturated carbocycles. The number of hydrogen-bond acceptors (Lipinski definition) is 6. The monoisotopic (exact) mass is 623 g/mol. The number of likely N-dealkylation sites (tertiary alicyclic amines) is 1. The van der Waals surface area contributed by atoms with Crippen molar-refractivity contribution in [1.29, 1.82) is 10.5 Å². The quantitative estimate of drug-likeness (QED) is 0.313. The van der Waals surface area contributed by atoms with E-state index in [1.807, 2.05) is 13.8 Å². The number of anilines is 2. The standard InChI is InChI=1S/C29H29F6N5O2.C2H6/c30-28(31,32)25-13-22(3-1-18(25)15-36)38-20-5-7-24(8-6-20)42-17-27(41)40-11-9-21(10-12-40)39-23-4-2-19(16-37)26(14-23)29(33,34)35;1-2/h1-4,13-14,20-21,24,38-39H,5-12,17H2;1-2H3. The SMILES string of the molecule is CC.N#Cc1ccc(NC2CCC(OCC(=O)N3CCC(Nc4ccc(C#N)c(C(F)(F)F)c4)CC3)CC2)cc1C(F)(F)F. The number of rotatable bonds is 7. The van der Waals surface area contributed by atoms with Crippen LogP contribution in [0, 0.1) is 22.7 Å². The summed E-state index contributed by atoms with van der Waals surface area (Å²) in [4.78, 5) is 14.4. The van der Waals surface area contributed by atoms with Crippen molar-refractivity contribution in [1.82, 2.24) is 4.90 Å². The van der Waals surface area contributed by atoms with Gasteiger partial charge in [-0.15, -0.1) is 0 Å². The van der Waals surface area contributed by atoms with E-state index < -0.39 is 34.6 Å². The summed E-state index contributed by atoms with van der Waals surface area (Å²) in [6.45, 7) is 4.74. The number of alkyl halides is 6. The van der Waals surface area contributed by atoms with Gasteiger partial charge in [0.05, 0.1) is 40.5 Å². The van der Waals surface area contributed by atoms with Gasteiger partial charge in [0, 0.05) is 36.5 Å². The Morgan fingerprint density at radius 3 is 1.64 bits per heavy atom. The van der Waals surface area contributed by atoms with E-state index in [1.165, 1.54) is 12.1 Å². The number of ether oxygens (including phenoxy) is 1. The highest BCUT2D eigenvalue weighted by molar-refractivity contribution is 5.77. The Kier molecular flexibility index (Phi) is 11.9. The second-order valence-electron chi connectivity index (χ2n) is 10.5. The van der Waals surface area contributed by atoms with Gasteiger partial charge in [-0.25, -0.2) is 0 Å². The third-order valence-electron chi connectivity index (χ3n) is 7.60. The van der Waals surface area contributed by atoms with E-state index in [4.69, 9.17) is 15.3 Å². The van der Waals surface area contributed by atoms with Crippen LogP contribution < -0.4 is 10.6 Å². The molecule has 2 aromatic rings. The minimum Gasteiger partial charge on any atom is -0.382 e.